The third-order valence-corrected chi connectivity index (χ3v) is 1.97. The van der Waals surface area contributed by atoms with E-state index in [1.807, 2.05) is 0 Å². The minimum atomic E-state index is 0.756. The molecule has 0 rings (SSSR count). The monoisotopic (exact) mass is 201 g/mol. The number of unbranched alkanes of at least 4 members (excludes halogenated alkanes) is 5. The Labute approximate surface area is 89.5 Å². The molecular weight excluding hydrogens is 174 g/mol. The molecule has 14 heavy (non-hydrogen) atoms. The van der Waals surface area contributed by atoms with Crippen molar-refractivity contribution in [2.45, 2.75) is 65.7 Å². The van der Waals surface area contributed by atoms with Crippen LogP contribution in [0.5, 0.6) is 0 Å². The van der Waals surface area contributed by atoms with Gasteiger partial charge in [-0.1, -0.05) is 59.3 Å². The van der Waals surface area contributed by atoms with Gasteiger partial charge in [0.25, 0.3) is 0 Å². The Morgan fingerprint density at radius 2 is 1.43 bits per heavy atom. The third kappa shape index (κ3) is 22.5. The van der Waals surface area contributed by atoms with Crippen LogP contribution >= 0.6 is 0 Å². The lowest BCUT2D eigenvalue weighted by Crippen LogP contribution is -2.11. The first-order valence-corrected chi connectivity index (χ1v) is 6.00. The van der Waals surface area contributed by atoms with Crippen LogP contribution in [-0.2, 0) is 4.79 Å². The molecule has 0 atom stereocenters. The van der Waals surface area contributed by atoms with E-state index in [0.717, 1.165) is 19.4 Å². The van der Waals surface area contributed by atoms with E-state index in [1.54, 1.807) is 0 Å². The maximum Gasteiger partial charge on any atom is 0.207 e. The minimum absolute atomic E-state index is 0.756. The number of amides is 1. The van der Waals surface area contributed by atoms with Crippen LogP contribution in [0, 0.1) is 0 Å². The molecule has 2 nitrogen and oxygen atoms in total. The first-order valence-electron chi connectivity index (χ1n) is 6.00. The Bertz CT molecular complexity index is 92.3. The van der Waals surface area contributed by atoms with Crippen molar-refractivity contribution in [3.8, 4) is 0 Å². The first kappa shape index (κ1) is 15.9. The molecule has 0 aliphatic heterocycles. The largest absolute Gasteiger partial charge is 0.359 e. The summed E-state index contributed by atoms with van der Waals surface area (Å²) in [7, 11) is 0. The molecule has 1 N–H and O–H groups in total. The summed E-state index contributed by atoms with van der Waals surface area (Å²) in [5.74, 6) is 0. The van der Waals surface area contributed by atoms with Crippen LogP contribution in [-0.4, -0.2) is 13.0 Å². The molecule has 0 unspecified atom stereocenters. The lowest BCUT2D eigenvalue weighted by Gasteiger charge is -1.96. The molecule has 0 aromatic carbocycles. The topological polar surface area (TPSA) is 29.1 Å². The van der Waals surface area contributed by atoms with Gasteiger partial charge in [-0.05, 0) is 6.42 Å². The van der Waals surface area contributed by atoms with Gasteiger partial charge in [-0.3, -0.25) is 4.79 Å². The van der Waals surface area contributed by atoms with E-state index in [4.69, 9.17) is 0 Å². The van der Waals surface area contributed by atoms with E-state index in [1.165, 1.54) is 38.5 Å². The summed E-state index contributed by atoms with van der Waals surface area (Å²) in [5, 5.41) is 2.63. The number of carbonyl (C=O) groups excluding carboxylic acids is 1. The number of nitrogens with one attached hydrogen (secondary N) is 1. The smallest absolute Gasteiger partial charge is 0.207 e. The molecule has 0 radical (unpaired) electrons. The summed E-state index contributed by atoms with van der Waals surface area (Å²) in [6.07, 6.45) is 9.71. The maximum atomic E-state index is 9.73. The molecule has 0 spiro atoms. The van der Waals surface area contributed by atoms with Crippen LogP contribution in [0.3, 0.4) is 0 Å². The molecule has 1 amide bonds. The first-order chi connectivity index (χ1) is 6.83. The Morgan fingerprint density at radius 3 is 1.79 bits per heavy atom. The second-order valence-corrected chi connectivity index (χ2v) is 3.49. The molecule has 0 aliphatic rings. The van der Waals surface area contributed by atoms with Gasteiger partial charge in [0, 0.05) is 6.54 Å². The van der Waals surface area contributed by atoms with E-state index in [-0.39, 0.29) is 0 Å². The zero-order valence-corrected chi connectivity index (χ0v) is 10.1. The molecule has 86 valence electrons. The molecule has 0 bridgehead atoms. The molecule has 0 heterocycles. The Morgan fingerprint density at radius 1 is 0.857 bits per heavy atom. The summed E-state index contributed by atoms with van der Waals surface area (Å²) in [5.41, 5.74) is 0. The van der Waals surface area contributed by atoms with Gasteiger partial charge in [-0.2, -0.15) is 0 Å². The highest BCUT2D eigenvalue weighted by Gasteiger charge is 1.84. The minimum Gasteiger partial charge on any atom is -0.359 e. The lowest BCUT2D eigenvalue weighted by atomic mass is 10.2. The average molecular weight is 201 g/mol. The lowest BCUT2D eigenvalue weighted by molar-refractivity contribution is -0.109. The van der Waals surface area contributed by atoms with Crippen LogP contribution in [0.2, 0.25) is 0 Å². The highest BCUT2D eigenvalue weighted by Crippen LogP contribution is 1.96. The number of hydrogen-bond acceptors (Lipinski definition) is 1. The van der Waals surface area contributed by atoms with Gasteiger partial charge in [0.15, 0.2) is 0 Å². The van der Waals surface area contributed by atoms with Gasteiger partial charge < -0.3 is 5.32 Å². The quantitative estimate of drug-likeness (QED) is 0.472. The van der Waals surface area contributed by atoms with Gasteiger partial charge in [0.2, 0.25) is 6.41 Å². The summed E-state index contributed by atoms with van der Waals surface area (Å²) >= 11 is 0. The number of hydrogen-bond donors (Lipinski definition) is 1. The van der Waals surface area contributed by atoms with Crippen LogP contribution in [0.15, 0.2) is 0 Å². The van der Waals surface area contributed by atoms with Crippen LogP contribution < -0.4 is 5.32 Å². The van der Waals surface area contributed by atoms with Crippen molar-refractivity contribution in [2.24, 2.45) is 0 Å². The van der Waals surface area contributed by atoms with Crippen molar-refractivity contribution in [1.82, 2.24) is 5.32 Å². The fourth-order valence-electron chi connectivity index (χ4n) is 1.07. The highest BCUT2D eigenvalue weighted by molar-refractivity contribution is 5.45. The fourth-order valence-corrected chi connectivity index (χ4v) is 1.07. The van der Waals surface area contributed by atoms with Crippen molar-refractivity contribution in [3.05, 3.63) is 0 Å². The molecule has 0 aliphatic carbocycles. The highest BCUT2D eigenvalue weighted by atomic mass is 16.1. The summed E-state index contributed by atoms with van der Waals surface area (Å²) in [4.78, 5) is 9.73. The summed E-state index contributed by atoms with van der Waals surface area (Å²) < 4.78 is 0. The SMILES string of the molecule is CCCCC.CCCCCCNC=O. The molecule has 0 saturated heterocycles. The Hall–Kier alpha value is -0.530. The van der Waals surface area contributed by atoms with Gasteiger partial charge in [-0.25, -0.2) is 0 Å². The molecule has 0 aromatic heterocycles. The van der Waals surface area contributed by atoms with Crippen LogP contribution in [0.4, 0.5) is 0 Å². The van der Waals surface area contributed by atoms with Crippen molar-refractivity contribution in [3.63, 3.8) is 0 Å². The van der Waals surface area contributed by atoms with Crippen LogP contribution in [0.1, 0.15) is 65.7 Å². The molecule has 2 heteroatoms. The normalized spacial score (nSPS) is 8.79. The van der Waals surface area contributed by atoms with Crippen molar-refractivity contribution < 1.29 is 4.79 Å². The van der Waals surface area contributed by atoms with Gasteiger partial charge in [-0.15, -0.1) is 0 Å². The second-order valence-electron chi connectivity index (χ2n) is 3.49. The molecule has 0 aromatic rings. The van der Waals surface area contributed by atoms with E-state index in [9.17, 15) is 4.79 Å². The summed E-state index contributed by atoms with van der Waals surface area (Å²) in [6.45, 7) is 7.43. The Kier molecular flexibility index (Phi) is 20.8. The molecule has 0 fully saturated rings. The average Bonchev–Trinajstić information content (AvgIpc) is 2.20. The number of carbonyl (C=O) groups is 1. The predicted molar refractivity (Wildman–Crippen MR) is 63.4 cm³/mol. The molecule has 0 saturated carbocycles. The van der Waals surface area contributed by atoms with Crippen LogP contribution in [0.25, 0.3) is 0 Å². The zero-order valence-electron chi connectivity index (χ0n) is 10.1. The standard InChI is InChI=1S/C7H15NO.C5H12/c1-2-3-4-5-6-8-7-9;1-3-5-4-2/h7H,2-6H2,1H3,(H,8,9);3-5H2,1-2H3. The van der Waals surface area contributed by atoms with Crippen molar-refractivity contribution >= 4 is 6.41 Å². The van der Waals surface area contributed by atoms with Gasteiger partial charge >= 0.3 is 0 Å². The molecular formula is C12H27NO. The zero-order chi connectivity index (χ0) is 11.1. The second kappa shape index (κ2) is 18.3. The maximum absolute atomic E-state index is 9.73. The van der Waals surface area contributed by atoms with E-state index < -0.39 is 0 Å². The number of rotatable bonds is 8. The van der Waals surface area contributed by atoms with Crippen molar-refractivity contribution in [2.75, 3.05) is 6.54 Å². The fraction of sp³-hybridized carbons (Fsp3) is 0.917. The van der Waals surface area contributed by atoms with Gasteiger partial charge in [0.05, 0.1) is 0 Å². The predicted octanol–water partition coefficient (Wildman–Crippen LogP) is 3.51. The van der Waals surface area contributed by atoms with Gasteiger partial charge in [0.1, 0.15) is 0 Å². The van der Waals surface area contributed by atoms with E-state index in [0.29, 0.717) is 0 Å². The third-order valence-electron chi connectivity index (χ3n) is 1.97. The van der Waals surface area contributed by atoms with Crippen molar-refractivity contribution in [1.29, 1.82) is 0 Å². The Balaban J connectivity index is 0. The van der Waals surface area contributed by atoms with E-state index >= 15 is 0 Å². The van der Waals surface area contributed by atoms with E-state index in [2.05, 4.69) is 26.1 Å². The summed E-state index contributed by atoms with van der Waals surface area (Å²) in [6, 6.07) is 0.